The molecular formula is C5H14N4O2. The van der Waals surface area contributed by atoms with Crippen molar-refractivity contribution in [2.24, 2.45) is 5.29 Å². The van der Waals surface area contributed by atoms with Crippen molar-refractivity contribution in [2.45, 2.75) is 6.42 Å². The summed E-state index contributed by atoms with van der Waals surface area (Å²) in [5, 5.41) is 15.6. The van der Waals surface area contributed by atoms with E-state index in [1.54, 1.807) is 7.05 Å². The summed E-state index contributed by atoms with van der Waals surface area (Å²) in [7, 11) is 3.42. The van der Waals surface area contributed by atoms with Gasteiger partial charge in [-0.15, -0.1) is 4.91 Å². The van der Waals surface area contributed by atoms with Crippen LogP contribution in [0.5, 0.6) is 0 Å². The van der Waals surface area contributed by atoms with Gasteiger partial charge in [-0.2, -0.15) is 5.01 Å². The van der Waals surface area contributed by atoms with E-state index in [0.717, 1.165) is 13.0 Å². The smallest absolute Gasteiger partial charge is 0.0962 e. The molecule has 11 heavy (non-hydrogen) atoms. The minimum atomic E-state index is 0.287. The number of hydrogen-bond donors (Lipinski definition) is 2. The van der Waals surface area contributed by atoms with Gasteiger partial charge in [-0.25, -0.2) is 0 Å². The van der Waals surface area contributed by atoms with E-state index in [1.807, 2.05) is 7.05 Å². The highest BCUT2D eigenvalue weighted by molar-refractivity contribution is 4.45. The molecule has 6 heteroatoms. The van der Waals surface area contributed by atoms with Gasteiger partial charge in [0.05, 0.1) is 5.29 Å². The van der Waals surface area contributed by atoms with Crippen LogP contribution in [0.15, 0.2) is 5.29 Å². The predicted molar refractivity (Wildman–Crippen MR) is 40.6 cm³/mol. The molecule has 0 atom stereocenters. The Morgan fingerprint density at radius 3 is 2.73 bits per heavy atom. The quantitative estimate of drug-likeness (QED) is 0.322. The number of nitroso groups, excluding NO2 is 1. The maximum absolute atomic E-state index is 9.75. The largest absolute Gasteiger partial charge is 0.320 e. The first-order chi connectivity index (χ1) is 5.22. The standard InChI is InChI=1S/C5H14N4O2/c1-6-4-3-5-8(2)9(11)7-10/h6,11H,3-5H2,1-2H3. The summed E-state index contributed by atoms with van der Waals surface area (Å²) in [6.07, 6.45) is 0.847. The summed E-state index contributed by atoms with van der Waals surface area (Å²) in [6, 6.07) is 0. The van der Waals surface area contributed by atoms with Crippen LogP contribution < -0.4 is 5.32 Å². The Kier molecular flexibility index (Phi) is 5.63. The van der Waals surface area contributed by atoms with Crippen LogP contribution in [0, 0.1) is 4.91 Å². The maximum atomic E-state index is 9.75. The number of rotatable bonds is 6. The lowest BCUT2D eigenvalue weighted by Gasteiger charge is -2.18. The molecule has 6 nitrogen and oxygen atoms in total. The van der Waals surface area contributed by atoms with E-state index in [1.165, 1.54) is 5.01 Å². The van der Waals surface area contributed by atoms with Crippen LogP contribution in [0.1, 0.15) is 6.42 Å². The van der Waals surface area contributed by atoms with Gasteiger partial charge in [-0.05, 0) is 20.0 Å². The third kappa shape index (κ3) is 4.65. The van der Waals surface area contributed by atoms with Crippen LogP contribution in [0.3, 0.4) is 0 Å². The van der Waals surface area contributed by atoms with Gasteiger partial charge in [0.25, 0.3) is 0 Å². The monoisotopic (exact) mass is 162 g/mol. The Hall–Kier alpha value is -0.720. The van der Waals surface area contributed by atoms with Crippen molar-refractivity contribution in [2.75, 3.05) is 27.2 Å². The molecule has 0 aliphatic rings. The third-order valence-corrected chi connectivity index (χ3v) is 1.29. The molecule has 0 amide bonds. The van der Waals surface area contributed by atoms with Crippen molar-refractivity contribution < 1.29 is 5.21 Å². The average Bonchev–Trinajstić information content (AvgIpc) is 2.03. The van der Waals surface area contributed by atoms with Crippen LogP contribution in [-0.4, -0.2) is 42.7 Å². The highest BCUT2D eigenvalue weighted by atomic mass is 16.6. The molecule has 0 saturated heterocycles. The molecule has 0 saturated carbocycles. The molecule has 0 aliphatic heterocycles. The number of nitrogens with zero attached hydrogens (tertiary/aromatic N) is 3. The van der Waals surface area contributed by atoms with Gasteiger partial charge in [0.15, 0.2) is 0 Å². The molecule has 0 spiro atoms. The van der Waals surface area contributed by atoms with Gasteiger partial charge in [0.2, 0.25) is 0 Å². The summed E-state index contributed by atoms with van der Waals surface area (Å²) in [4.78, 5) is 9.75. The molecule has 0 aliphatic carbocycles. The Bertz CT molecular complexity index is 111. The second-order valence-electron chi connectivity index (χ2n) is 2.19. The highest BCUT2D eigenvalue weighted by Gasteiger charge is 2.04. The summed E-state index contributed by atoms with van der Waals surface area (Å²) >= 11 is 0. The van der Waals surface area contributed by atoms with Crippen LogP contribution in [0.4, 0.5) is 0 Å². The topological polar surface area (TPSA) is 68.2 Å². The number of hydrazine groups is 1. The number of nitrogens with one attached hydrogen (secondary N) is 1. The normalized spacial score (nSPS) is 10.2. The van der Waals surface area contributed by atoms with E-state index in [-0.39, 0.29) is 5.28 Å². The van der Waals surface area contributed by atoms with Crippen LogP contribution >= 0.6 is 0 Å². The van der Waals surface area contributed by atoms with E-state index in [4.69, 9.17) is 5.21 Å². The van der Waals surface area contributed by atoms with Crippen molar-refractivity contribution in [3.8, 4) is 0 Å². The molecule has 0 fully saturated rings. The fraction of sp³-hybridized carbons (Fsp3) is 1.00. The zero-order chi connectivity index (χ0) is 8.69. The molecule has 0 heterocycles. The second-order valence-corrected chi connectivity index (χ2v) is 2.19. The molecule has 0 aromatic rings. The van der Waals surface area contributed by atoms with Gasteiger partial charge < -0.3 is 5.32 Å². The first-order valence-electron chi connectivity index (χ1n) is 3.40. The Morgan fingerprint density at radius 2 is 2.27 bits per heavy atom. The minimum Gasteiger partial charge on any atom is -0.320 e. The van der Waals surface area contributed by atoms with Gasteiger partial charge in [0, 0.05) is 13.6 Å². The first-order valence-corrected chi connectivity index (χ1v) is 3.40. The van der Waals surface area contributed by atoms with Crippen LogP contribution in [0.2, 0.25) is 0 Å². The molecule has 0 unspecified atom stereocenters. The van der Waals surface area contributed by atoms with Crippen molar-refractivity contribution in [3.05, 3.63) is 4.91 Å². The molecule has 0 bridgehead atoms. The van der Waals surface area contributed by atoms with Gasteiger partial charge in [0.1, 0.15) is 0 Å². The zero-order valence-electron chi connectivity index (χ0n) is 6.82. The second kappa shape index (κ2) is 6.02. The van der Waals surface area contributed by atoms with E-state index < -0.39 is 0 Å². The summed E-state index contributed by atoms with van der Waals surface area (Å²) < 4.78 is 0. The Labute approximate surface area is 65.7 Å². The van der Waals surface area contributed by atoms with Gasteiger partial charge in [-0.3, -0.25) is 5.21 Å². The Morgan fingerprint density at radius 1 is 1.64 bits per heavy atom. The third-order valence-electron chi connectivity index (χ3n) is 1.29. The SMILES string of the molecule is CNCCCN(C)N(O)N=O. The van der Waals surface area contributed by atoms with Crippen LogP contribution in [-0.2, 0) is 0 Å². The molecule has 0 aromatic heterocycles. The van der Waals surface area contributed by atoms with E-state index in [2.05, 4.69) is 10.6 Å². The molecule has 0 aromatic carbocycles. The maximum Gasteiger partial charge on any atom is 0.0962 e. The average molecular weight is 162 g/mol. The number of hydrogen-bond acceptors (Lipinski definition) is 5. The van der Waals surface area contributed by atoms with Crippen molar-refractivity contribution in [3.63, 3.8) is 0 Å². The van der Waals surface area contributed by atoms with E-state index in [9.17, 15) is 4.91 Å². The molecule has 2 N–H and O–H groups in total. The highest BCUT2D eigenvalue weighted by Crippen LogP contribution is 1.91. The van der Waals surface area contributed by atoms with E-state index >= 15 is 0 Å². The van der Waals surface area contributed by atoms with Gasteiger partial charge in [-0.1, -0.05) is 5.28 Å². The molecule has 0 radical (unpaired) electrons. The van der Waals surface area contributed by atoms with Crippen molar-refractivity contribution in [1.29, 1.82) is 0 Å². The fourth-order valence-electron chi connectivity index (χ4n) is 0.636. The summed E-state index contributed by atoms with van der Waals surface area (Å²) in [6.45, 7) is 1.43. The lowest BCUT2D eigenvalue weighted by Crippen LogP contribution is -2.34. The van der Waals surface area contributed by atoms with Crippen LogP contribution in [0.25, 0.3) is 0 Å². The molecular weight excluding hydrogens is 148 g/mol. The zero-order valence-corrected chi connectivity index (χ0v) is 6.82. The first kappa shape index (κ1) is 10.3. The van der Waals surface area contributed by atoms with Gasteiger partial charge >= 0.3 is 0 Å². The minimum absolute atomic E-state index is 0.287. The fourth-order valence-corrected chi connectivity index (χ4v) is 0.636. The molecule has 0 rings (SSSR count). The summed E-state index contributed by atoms with van der Waals surface area (Å²) in [5.41, 5.74) is 0. The molecule has 66 valence electrons. The van der Waals surface area contributed by atoms with E-state index in [0.29, 0.717) is 6.54 Å². The van der Waals surface area contributed by atoms with Crippen molar-refractivity contribution >= 4 is 0 Å². The summed E-state index contributed by atoms with van der Waals surface area (Å²) in [5.74, 6) is 0. The predicted octanol–water partition coefficient (Wildman–Crippen LogP) is -0.185. The van der Waals surface area contributed by atoms with Crippen molar-refractivity contribution in [1.82, 2.24) is 15.6 Å². The lowest BCUT2D eigenvalue weighted by molar-refractivity contribution is -0.237. The lowest BCUT2D eigenvalue weighted by atomic mass is 10.4. The Balaban J connectivity index is 3.35.